The summed E-state index contributed by atoms with van der Waals surface area (Å²) in [4.78, 5) is 21.6. The molecule has 154 valence electrons. The molecule has 0 radical (unpaired) electrons. The van der Waals surface area contributed by atoms with Crippen LogP contribution in [0.25, 0.3) is 11.0 Å². The minimum absolute atomic E-state index is 0.0710. The minimum atomic E-state index is -2.86. The van der Waals surface area contributed by atoms with E-state index < -0.39 is 6.61 Å². The van der Waals surface area contributed by atoms with E-state index in [0.717, 1.165) is 22.3 Å². The third kappa shape index (κ3) is 5.83. The van der Waals surface area contributed by atoms with Gasteiger partial charge < -0.3 is 19.4 Å². The highest BCUT2D eigenvalue weighted by atomic mass is 32.2. The molecule has 1 amide bonds. The summed E-state index contributed by atoms with van der Waals surface area (Å²) in [5.74, 6) is 1.01. The van der Waals surface area contributed by atoms with Crippen LogP contribution in [-0.4, -0.2) is 46.8 Å². The summed E-state index contributed by atoms with van der Waals surface area (Å²) in [6.45, 7) is 0.0219. The van der Waals surface area contributed by atoms with E-state index in [1.54, 1.807) is 24.1 Å². The van der Waals surface area contributed by atoms with Crippen molar-refractivity contribution in [2.75, 3.05) is 19.4 Å². The molecule has 0 aliphatic carbocycles. The topological polar surface area (TPSA) is 67.4 Å². The number of carbonyl (C=O) groups excluding carboxylic acids is 1. The molecule has 9 heteroatoms. The van der Waals surface area contributed by atoms with Gasteiger partial charge in [0.15, 0.2) is 5.16 Å². The number of thioether (sulfide) groups is 1. The third-order valence-electron chi connectivity index (χ3n) is 4.07. The Morgan fingerprint density at radius 2 is 1.93 bits per heavy atom. The molecule has 0 aliphatic rings. The van der Waals surface area contributed by atoms with Crippen molar-refractivity contribution in [3.63, 3.8) is 0 Å². The molecule has 3 rings (SSSR count). The lowest BCUT2D eigenvalue weighted by Crippen LogP contribution is -2.27. The van der Waals surface area contributed by atoms with E-state index in [1.807, 2.05) is 25.1 Å². The van der Waals surface area contributed by atoms with E-state index in [1.165, 1.54) is 23.9 Å². The lowest BCUT2D eigenvalue weighted by atomic mass is 10.2. The molecule has 0 atom stereocenters. The highest BCUT2D eigenvalue weighted by Gasteiger charge is 2.13. The Balaban J connectivity index is 1.53. The molecule has 6 nitrogen and oxygen atoms in total. The van der Waals surface area contributed by atoms with Crippen LogP contribution >= 0.6 is 11.8 Å². The molecule has 1 aromatic heterocycles. The van der Waals surface area contributed by atoms with Crippen LogP contribution in [-0.2, 0) is 11.3 Å². The maximum absolute atomic E-state index is 12.4. The van der Waals surface area contributed by atoms with Crippen LogP contribution in [0.4, 0.5) is 8.78 Å². The molecule has 0 unspecified atom stereocenters. The molecule has 0 saturated carbocycles. The van der Waals surface area contributed by atoms with Gasteiger partial charge in [-0.3, -0.25) is 4.79 Å². The first-order valence-corrected chi connectivity index (χ1v) is 9.96. The normalized spacial score (nSPS) is 11.1. The second-order valence-corrected chi connectivity index (χ2v) is 7.18. The maximum atomic E-state index is 12.4. The Kier molecular flexibility index (Phi) is 6.92. The standard InChI is InChI=1S/C20H21F2N3O3S/c1-3-27-15-8-9-16-17(10-15)24-20(23-16)29-12-18(26)25(2)11-13-4-6-14(7-5-13)28-19(21)22/h4-10,19H,3,11-12H2,1-2H3,(H,23,24). The third-order valence-corrected chi connectivity index (χ3v) is 4.93. The number of amides is 1. The first-order valence-electron chi connectivity index (χ1n) is 8.97. The van der Waals surface area contributed by atoms with E-state index in [0.29, 0.717) is 18.3 Å². The van der Waals surface area contributed by atoms with Gasteiger partial charge in [0.2, 0.25) is 5.91 Å². The van der Waals surface area contributed by atoms with Gasteiger partial charge in [-0.05, 0) is 36.8 Å². The van der Waals surface area contributed by atoms with Gasteiger partial charge in [-0.15, -0.1) is 0 Å². The molecule has 2 aromatic carbocycles. The van der Waals surface area contributed by atoms with Crippen molar-refractivity contribution in [1.82, 2.24) is 14.9 Å². The monoisotopic (exact) mass is 421 g/mol. The van der Waals surface area contributed by atoms with E-state index in [2.05, 4.69) is 14.7 Å². The lowest BCUT2D eigenvalue weighted by molar-refractivity contribution is -0.127. The number of hydrogen-bond donors (Lipinski definition) is 1. The summed E-state index contributed by atoms with van der Waals surface area (Å²) in [6, 6.07) is 11.8. The molecule has 0 spiro atoms. The van der Waals surface area contributed by atoms with Crippen molar-refractivity contribution in [1.29, 1.82) is 0 Å². The fourth-order valence-corrected chi connectivity index (χ4v) is 3.49. The molecular formula is C20H21F2N3O3S. The highest BCUT2D eigenvalue weighted by molar-refractivity contribution is 7.99. The molecular weight excluding hydrogens is 400 g/mol. The number of nitrogens with one attached hydrogen (secondary N) is 1. The van der Waals surface area contributed by atoms with Gasteiger partial charge in [0, 0.05) is 19.7 Å². The first-order chi connectivity index (χ1) is 13.9. The number of halogens is 2. The summed E-state index contributed by atoms with van der Waals surface area (Å²) >= 11 is 1.32. The van der Waals surface area contributed by atoms with Gasteiger partial charge in [0.1, 0.15) is 11.5 Å². The van der Waals surface area contributed by atoms with Crippen molar-refractivity contribution in [3.05, 3.63) is 48.0 Å². The Labute approximate surface area is 171 Å². The van der Waals surface area contributed by atoms with Gasteiger partial charge >= 0.3 is 6.61 Å². The zero-order valence-corrected chi connectivity index (χ0v) is 16.8. The molecule has 0 aliphatic heterocycles. The van der Waals surface area contributed by atoms with Gasteiger partial charge in [0.05, 0.1) is 23.4 Å². The fourth-order valence-electron chi connectivity index (χ4n) is 2.67. The van der Waals surface area contributed by atoms with E-state index >= 15 is 0 Å². The zero-order valence-electron chi connectivity index (χ0n) is 16.0. The van der Waals surface area contributed by atoms with Gasteiger partial charge in [-0.2, -0.15) is 8.78 Å². The second-order valence-electron chi connectivity index (χ2n) is 6.21. The van der Waals surface area contributed by atoms with Crippen LogP contribution in [0, 0.1) is 0 Å². The quantitative estimate of drug-likeness (QED) is 0.522. The summed E-state index contributed by atoms with van der Waals surface area (Å²) in [5, 5.41) is 0.656. The smallest absolute Gasteiger partial charge is 0.387 e. The molecule has 1 heterocycles. The van der Waals surface area contributed by atoms with E-state index in [-0.39, 0.29) is 17.4 Å². The number of rotatable bonds is 9. The van der Waals surface area contributed by atoms with Crippen LogP contribution < -0.4 is 9.47 Å². The second kappa shape index (κ2) is 9.60. The molecule has 0 saturated heterocycles. The highest BCUT2D eigenvalue weighted by Crippen LogP contribution is 2.24. The van der Waals surface area contributed by atoms with Crippen molar-refractivity contribution in [2.24, 2.45) is 0 Å². The number of fused-ring (bicyclic) bond motifs is 1. The number of benzene rings is 2. The van der Waals surface area contributed by atoms with Crippen LogP contribution in [0.5, 0.6) is 11.5 Å². The minimum Gasteiger partial charge on any atom is -0.494 e. The van der Waals surface area contributed by atoms with Crippen molar-refractivity contribution in [3.8, 4) is 11.5 Å². The number of hydrogen-bond acceptors (Lipinski definition) is 5. The number of imidazole rings is 1. The van der Waals surface area contributed by atoms with Crippen molar-refractivity contribution in [2.45, 2.75) is 25.2 Å². The number of aromatic nitrogens is 2. The summed E-state index contributed by atoms with van der Waals surface area (Å²) in [7, 11) is 1.69. The van der Waals surface area contributed by atoms with E-state index in [4.69, 9.17) is 4.74 Å². The van der Waals surface area contributed by atoms with Crippen molar-refractivity contribution >= 4 is 28.7 Å². The average Bonchev–Trinajstić information content (AvgIpc) is 3.09. The number of ether oxygens (including phenoxy) is 2. The largest absolute Gasteiger partial charge is 0.494 e. The van der Waals surface area contributed by atoms with Crippen LogP contribution in [0.15, 0.2) is 47.6 Å². The molecule has 29 heavy (non-hydrogen) atoms. The van der Waals surface area contributed by atoms with E-state index in [9.17, 15) is 13.6 Å². The van der Waals surface area contributed by atoms with Crippen LogP contribution in [0.2, 0.25) is 0 Å². The van der Waals surface area contributed by atoms with Gasteiger partial charge in [-0.1, -0.05) is 23.9 Å². The predicted molar refractivity (Wildman–Crippen MR) is 108 cm³/mol. The molecule has 3 aromatic rings. The molecule has 1 N–H and O–H groups in total. The van der Waals surface area contributed by atoms with Crippen LogP contribution in [0.1, 0.15) is 12.5 Å². The lowest BCUT2D eigenvalue weighted by Gasteiger charge is -2.17. The number of H-pyrrole nitrogens is 1. The van der Waals surface area contributed by atoms with Crippen LogP contribution in [0.3, 0.4) is 0 Å². The Morgan fingerprint density at radius 1 is 1.21 bits per heavy atom. The number of carbonyl (C=O) groups is 1. The van der Waals surface area contributed by atoms with Gasteiger partial charge in [0.25, 0.3) is 0 Å². The maximum Gasteiger partial charge on any atom is 0.387 e. The zero-order chi connectivity index (χ0) is 20.8. The number of aromatic amines is 1. The summed E-state index contributed by atoms with van der Waals surface area (Å²) in [5.41, 5.74) is 2.48. The molecule has 0 bridgehead atoms. The predicted octanol–water partition coefficient (Wildman–Crippen LogP) is 4.31. The first kappa shape index (κ1) is 20.9. The Hall–Kier alpha value is -2.81. The Morgan fingerprint density at radius 3 is 2.62 bits per heavy atom. The summed E-state index contributed by atoms with van der Waals surface area (Å²) in [6.07, 6.45) is 0. The molecule has 0 fully saturated rings. The fraction of sp³-hybridized carbons (Fsp3) is 0.300. The SMILES string of the molecule is CCOc1ccc2nc(SCC(=O)N(C)Cc3ccc(OC(F)F)cc3)[nH]c2c1. The summed E-state index contributed by atoms with van der Waals surface area (Å²) < 4.78 is 34.2. The average molecular weight is 421 g/mol. The Bertz CT molecular complexity index is 963. The number of nitrogens with zero attached hydrogens (tertiary/aromatic N) is 2. The van der Waals surface area contributed by atoms with Crippen molar-refractivity contribution < 1.29 is 23.0 Å². The number of alkyl halides is 2. The van der Waals surface area contributed by atoms with Gasteiger partial charge in [-0.25, -0.2) is 4.98 Å².